The number of nitrogens with one attached hydrogen (secondary N) is 3. The minimum Gasteiger partial charge on any atom is -0.361 e. The van der Waals surface area contributed by atoms with Crippen LogP contribution in [0, 0.1) is 11.7 Å². The molecule has 2 aromatic rings. The zero-order valence-electron chi connectivity index (χ0n) is 16.2. The molecule has 0 spiro atoms. The lowest BCUT2D eigenvalue weighted by Crippen LogP contribution is -2.44. The van der Waals surface area contributed by atoms with Gasteiger partial charge in [0, 0.05) is 50.3 Å². The molecular formula is C20H31FIN5. The Labute approximate surface area is 178 Å². The van der Waals surface area contributed by atoms with Gasteiger partial charge in [-0.2, -0.15) is 0 Å². The van der Waals surface area contributed by atoms with E-state index in [0.717, 1.165) is 54.4 Å². The summed E-state index contributed by atoms with van der Waals surface area (Å²) in [5.41, 5.74) is 2.09. The number of rotatable bonds is 6. The van der Waals surface area contributed by atoms with Gasteiger partial charge >= 0.3 is 0 Å². The summed E-state index contributed by atoms with van der Waals surface area (Å²) in [4.78, 5) is 10.0. The second kappa shape index (κ2) is 10.8. The molecule has 7 heteroatoms. The van der Waals surface area contributed by atoms with Crippen LogP contribution in [0.3, 0.4) is 0 Å². The molecular weight excluding hydrogens is 456 g/mol. The van der Waals surface area contributed by atoms with Crippen molar-refractivity contribution in [2.45, 2.75) is 26.2 Å². The van der Waals surface area contributed by atoms with Gasteiger partial charge in [0.25, 0.3) is 0 Å². The van der Waals surface area contributed by atoms with E-state index in [1.54, 1.807) is 19.2 Å². The van der Waals surface area contributed by atoms with E-state index in [2.05, 4.69) is 32.4 Å². The molecule has 1 atom stereocenters. The van der Waals surface area contributed by atoms with Crippen LogP contribution in [0.25, 0.3) is 10.9 Å². The van der Waals surface area contributed by atoms with Crippen LogP contribution in [0.15, 0.2) is 29.4 Å². The Balaban J connectivity index is 0.00000261. The Hall–Kier alpha value is -1.35. The fourth-order valence-electron chi connectivity index (χ4n) is 3.72. The smallest absolute Gasteiger partial charge is 0.191 e. The molecule has 150 valence electrons. The molecule has 0 radical (unpaired) electrons. The minimum atomic E-state index is -0.198. The Morgan fingerprint density at radius 1 is 1.33 bits per heavy atom. The number of hydrogen-bond donors (Lipinski definition) is 3. The van der Waals surface area contributed by atoms with Crippen LogP contribution >= 0.6 is 24.0 Å². The number of benzene rings is 1. The Kier molecular flexibility index (Phi) is 8.82. The lowest BCUT2D eigenvalue weighted by atomic mass is 10.0. The standard InChI is InChI=1S/C20H30FN5.HI/c1-15-4-3-10-26(14-15)11-9-24-20(22-2)23-8-7-16-13-25-19-6-5-17(21)12-18(16)19;/h5-6,12-13,15,25H,3-4,7-11,14H2,1-2H3,(H2,22,23,24);1H. The lowest BCUT2D eigenvalue weighted by molar-refractivity contribution is 0.187. The highest BCUT2D eigenvalue weighted by atomic mass is 127. The molecule has 0 saturated carbocycles. The van der Waals surface area contributed by atoms with Gasteiger partial charge in [0.05, 0.1) is 0 Å². The molecule has 0 amide bonds. The largest absolute Gasteiger partial charge is 0.361 e. The predicted octanol–water partition coefficient (Wildman–Crippen LogP) is 3.36. The highest BCUT2D eigenvalue weighted by Crippen LogP contribution is 2.19. The summed E-state index contributed by atoms with van der Waals surface area (Å²) in [7, 11) is 1.79. The molecule has 3 N–H and O–H groups in total. The van der Waals surface area contributed by atoms with Crippen molar-refractivity contribution in [2.75, 3.05) is 39.8 Å². The predicted molar refractivity (Wildman–Crippen MR) is 122 cm³/mol. The first-order valence-electron chi connectivity index (χ1n) is 9.58. The van der Waals surface area contributed by atoms with Gasteiger partial charge in [-0.1, -0.05) is 6.92 Å². The fourth-order valence-corrected chi connectivity index (χ4v) is 3.72. The number of aliphatic imine (C=N–C) groups is 1. The van der Waals surface area contributed by atoms with Crippen LogP contribution in [0.4, 0.5) is 4.39 Å². The number of H-pyrrole nitrogens is 1. The van der Waals surface area contributed by atoms with Crippen molar-refractivity contribution < 1.29 is 4.39 Å². The van der Waals surface area contributed by atoms with E-state index >= 15 is 0 Å². The molecule has 1 saturated heterocycles. The summed E-state index contributed by atoms with van der Waals surface area (Å²) >= 11 is 0. The molecule has 3 rings (SSSR count). The maximum absolute atomic E-state index is 13.5. The van der Waals surface area contributed by atoms with Crippen molar-refractivity contribution in [1.29, 1.82) is 0 Å². The highest BCUT2D eigenvalue weighted by molar-refractivity contribution is 14.0. The molecule has 1 fully saturated rings. The summed E-state index contributed by atoms with van der Waals surface area (Å²) in [6.07, 6.45) is 5.43. The van der Waals surface area contributed by atoms with Gasteiger partial charge < -0.3 is 20.5 Å². The van der Waals surface area contributed by atoms with Gasteiger partial charge in [0.15, 0.2) is 5.96 Å². The average molecular weight is 487 g/mol. The number of likely N-dealkylation sites (tertiary alicyclic amines) is 1. The van der Waals surface area contributed by atoms with E-state index in [4.69, 9.17) is 0 Å². The number of guanidine groups is 1. The van der Waals surface area contributed by atoms with Crippen LogP contribution in [-0.4, -0.2) is 55.6 Å². The first-order chi connectivity index (χ1) is 12.7. The second-order valence-corrected chi connectivity index (χ2v) is 7.23. The van der Waals surface area contributed by atoms with Crippen molar-refractivity contribution >= 4 is 40.8 Å². The van der Waals surface area contributed by atoms with Gasteiger partial charge in [-0.05, 0) is 55.5 Å². The van der Waals surface area contributed by atoms with E-state index in [1.165, 1.54) is 32.0 Å². The summed E-state index contributed by atoms with van der Waals surface area (Å²) in [6, 6.07) is 4.85. The zero-order chi connectivity index (χ0) is 18.4. The van der Waals surface area contributed by atoms with E-state index in [1.807, 2.05) is 6.20 Å². The van der Waals surface area contributed by atoms with Crippen molar-refractivity contribution in [1.82, 2.24) is 20.5 Å². The normalized spacial score (nSPS) is 18.3. The summed E-state index contributed by atoms with van der Waals surface area (Å²) in [5.74, 6) is 1.43. The summed E-state index contributed by atoms with van der Waals surface area (Å²) < 4.78 is 13.5. The fraction of sp³-hybridized carbons (Fsp3) is 0.550. The summed E-state index contributed by atoms with van der Waals surface area (Å²) in [5, 5.41) is 7.69. The van der Waals surface area contributed by atoms with Crippen molar-refractivity contribution in [2.24, 2.45) is 10.9 Å². The van der Waals surface area contributed by atoms with Gasteiger partial charge in [0.1, 0.15) is 5.82 Å². The number of hydrogen-bond acceptors (Lipinski definition) is 2. The summed E-state index contributed by atoms with van der Waals surface area (Å²) in [6.45, 7) is 7.43. The third kappa shape index (κ3) is 6.34. The molecule has 27 heavy (non-hydrogen) atoms. The number of nitrogens with zero attached hydrogens (tertiary/aromatic N) is 2. The SMILES string of the molecule is CN=C(NCCc1c[nH]c2ccc(F)cc12)NCCN1CCCC(C)C1.I. The highest BCUT2D eigenvalue weighted by Gasteiger charge is 2.15. The van der Waals surface area contributed by atoms with E-state index in [9.17, 15) is 4.39 Å². The van der Waals surface area contributed by atoms with Crippen molar-refractivity contribution in [3.8, 4) is 0 Å². The average Bonchev–Trinajstić information content (AvgIpc) is 3.02. The number of aromatic amines is 1. The quantitative estimate of drug-likeness (QED) is 0.333. The Morgan fingerprint density at radius 3 is 2.93 bits per heavy atom. The van der Waals surface area contributed by atoms with Crippen molar-refractivity contribution in [3.63, 3.8) is 0 Å². The van der Waals surface area contributed by atoms with E-state index in [-0.39, 0.29) is 29.8 Å². The molecule has 5 nitrogen and oxygen atoms in total. The van der Waals surface area contributed by atoms with Gasteiger partial charge in [-0.3, -0.25) is 4.99 Å². The molecule has 1 unspecified atom stereocenters. The molecule has 1 aliphatic rings. The Morgan fingerprint density at radius 2 is 2.15 bits per heavy atom. The molecule has 1 aliphatic heterocycles. The first-order valence-corrected chi connectivity index (χ1v) is 9.58. The number of aromatic nitrogens is 1. The topological polar surface area (TPSA) is 55.5 Å². The third-order valence-electron chi connectivity index (χ3n) is 5.10. The number of piperidine rings is 1. The molecule has 0 aliphatic carbocycles. The minimum absolute atomic E-state index is 0. The number of halogens is 2. The number of fused-ring (bicyclic) bond motifs is 1. The van der Waals surface area contributed by atoms with Crippen LogP contribution in [0.2, 0.25) is 0 Å². The van der Waals surface area contributed by atoms with Gasteiger partial charge in [0.2, 0.25) is 0 Å². The van der Waals surface area contributed by atoms with Gasteiger partial charge in [-0.15, -0.1) is 24.0 Å². The lowest BCUT2D eigenvalue weighted by Gasteiger charge is -2.30. The van der Waals surface area contributed by atoms with Crippen LogP contribution in [0.1, 0.15) is 25.3 Å². The zero-order valence-corrected chi connectivity index (χ0v) is 18.6. The van der Waals surface area contributed by atoms with Crippen LogP contribution in [0.5, 0.6) is 0 Å². The molecule has 1 aromatic carbocycles. The maximum Gasteiger partial charge on any atom is 0.191 e. The van der Waals surface area contributed by atoms with Crippen molar-refractivity contribution in [3.05, 3.63) is 35.8 Å². The van der Waals surface area contributed by atoms with Crippen LogP contribution < -0.4 is 10.6 Å². The van der Waals surface area contributed by atoms with E-state index in [0.29, 0.717) is 0 Å². The third-order valence-corrected chi connectivity index (χ3v) is 5.10. The Bertz CT molecular complexity index is 745. The van der Waals surface area contributed by atoms with Crippen LogP contribution in [-0.2, 0) is 6.42 Å². The molecule has 1 aromatic heterocycles. The maximum atomic E-state index is 13.5. The second-order valence-electron chi connectivity index (χ2n) is 7.23. The first kappa shape index (κ1) is 21.9. The monoisotopic (exact) mass is 487 g/mol. The van der Waals surface area contributed by atoms with E-state index < -0.39 is 0 Å². The van der Waals surface area contributed by atoms with Gasteiger partial charge in [-0.25, -0.2) is 4.39 Å². The molecule has 2 heterocycles. The molecule has 0 bridgehead atoms.